The maximum Gasteiger partial charge on any atom is 0.0462 e. The highest BCUT2D eigenvalue weighted by atomic mass is 35.5. The van der Waals surface area contributed by atoms with Crippen molar-refractivity contribution in [3.05, 3.63) is 138 Å². The van der Waals surface area contributed by atoms with Crippen LogP contribution in [0, 0.1) is 0 Å². The molecule has 154 valence electrons. The molecule has 0 fully saturated rings. The summed E-state index contributed by atoms with van der Waals surface area (Å²) in [6.07, 6.45) is 0. The third-order valence-corrected chi connectivity index (χ3v) is 5.80. The van der Waals surface area contributed by atoms with Gasteiger partial charge in [-0.1, -0.05) is 96.5 Å². The molecule has 0 bridgehead atoms. The van der Waals surface area contributed by atoms with Crippen LogP contribution < -0.4 is 4.90 Å². The summed E-state index contributed by atoms with van der Waals surface area (Å²) in [6, 6.07) is 46.3. The number of halogens is 1. The van der Waals surface area contributed by atoms with E-state index in [9.17, 15) is 0 Å². The molecule has 0 N–H and O–H groups in total. The zero-order valence-electron chi connectivity index (χ0n) is 17.5. The van der Waals surface area contributed by atoms with E-state index >= 15 is 0 Å². The van der Waals surface area contributed by atoms with Crippen LogP contribution in [0.15, 0.2) is 133 Å². The van der Waals surface area contributed by atoms with Crippen molar-refractivity contribution in [2.75, 3.05) is 4.90 Å². The number of hydrogen-bond donors (Lipinski definition) is 0. The van der Waals surface area contributed by atoms with Crippen LogP contribution in [-0.2, 0) is 0 Å². The minimum atomic E-state index is 0.750. The van der Waals surface area contributed by atoms with E-state index in [2.05, 4.69) is 114 Å². The Kier molecular flexibility index (Phi) is 5.74. The van der Waals surface area contributed by atoms with Gasteiger partial charge in [0.2, 0.25) is 0 Å². The van der Waals surface area contributed by atoms with Crippen LogP contribution >= 0.6 is 11.6 Å². The van der Waals surface area contributed by atoms with E-state index in [4.69, 9.17) is 11.6 Å². The largest absolute Gasteiger partial charge is 0.311 e. The van der Waals surface area contributed by atoms with Crippen LogP contribution in [0.2, 0.25) is 5.02 Å². The zero-order valence-corrected chi connectivity index (χ0v) is 18.3. The molecule has 32 heavy (non-hydrogen) atoms. The van der Waals surface area contributed by atoms with E-state index in [0.717, 1.165) is 33.2 Å². The summed E-state index contributed by atoms with van der Waals surface area (Å²) >= 11 is 6.05. The Labute approximate surface area is 194 Å². The normalized spacial score (nSPS) is 10.7. The number of anilines is 3. The van der Waals surface area contributed by atoms with Crippen LogP contribution in [0.5, 0.6) is 0 Å². The summed E-state index contributed by atoms with van der Waals surface area (Å²) < 4.78 is 0. The molecule has 5 rings (SSSR count). The first-order chi connectivity index (χ1) is 15.8. The van der Waals surface area contributed by atoms with E-state index in [1.165, 1.54) is 11.1 Å². The topological polar surface area (TPSA) is 3.24 Å². The number of para-hydroxylation sites is 1. The quantitative estimate of drug-likeness (QED) is 0.268. The number of nitrogens with zero attached hydrogens (tertiary/aromatic N) is 1. The van der Waals surface area contributed by atoms with Crippen molar-refractivity contribution < 1.29 is 0 Å². The standard InChI is InChI=1S/C30H22ClN/c31-27-17-11-24(12-18-27)26-15-21-30(22-16-26)32(28-9-5-2-6-10-28)29-19-13-25(14-20-29)23-7-3-1-4-8-23/h1-22H. The average Bonchev–Trinajstić information content (AvgIpc) is 2.87. The van der Waals surface area contributed by atoms with E-state index in [0.29, 0.717) is 0 Å². The minimum Gasteiger partial charge on any atom is -0.311 e. The zero-order chi connectivity index (χ0) is 21.8. The lowest BCUT2D eigenvalue weighted by molar-refractivity contribution is 1.28. The molecule has 0 aliphatic carbocycles. The first-order valence-electron chi connectivity index (χ1n) is 10.6. The molecule has 5 aromatic carbocycles. The van der Waals surface area contributed by atoms with Gasteiger partial charge in [0.25, 0.3) is 0 Å². The fourth-order valence-corrected chi connectivity index (χ4v) is 4.03. The van der Waals surface area contributed by atoms with Crippen LogP contribution in [0.4, 0.5) is 17.1 Å². The summed E-state index contributed by atoms with van der Waals surface area (Å²) in [5, 5.41) is 0.750. The fourth-order valence-electron chi connectivity index (χ4n) is 3.90. The van der Waals surface area contributed by atoms with Gasteiger partial charge in [0.1, 0.15) is 0 Å². The molecule has 0 spiro atoms. The lowest BCUT2D eigenvalue weighted by Crippen LogP contribution is -2.09. The Bertz CT molecular complexity index is 1280. The molecule has 0 unspecified atom stereocenters. The van der Waals surface area contributed by atoms with E-state index in [-0.39, 0.29) is 0 Å². The van der Waals surface area contributed by atoms with Gasteiger partial charge >= 0.3 is 0 Å². The van der Waals surface area contributed by atoms with E-state index < -0.39 is 0 Å². The number of hydrogen-bond acceptors (Lipinski definition) is 1. The highest BCUT2D eigenvalue weighted by molar-refractivity contribution is 6.30. The van der Waals surface area contributed by atoms with E-state index in [1.54, 1.807) is 0 Å². The molecule has 0 amide bonds. The van der Waals surface area contributed by atoms with Gasteiger partial charge in [0, 0.05) is 22.1 Å². The van der Waals surface area contributed by atoms with Crippen LogP contribution in [0.25, 0.3) is 22.3 Å². The van der Waals surface area contributed by atoms with Crippen LogP contribution in [-0.4, -0.2) is 0 Å². The third kappa shape index (κ3) is 4.30. The van der Waals surface area contributed by atoms with Gasteiger partial charge in [-0.05, 0) is 70.8 Å². The molecular formula is C30H22ClN. The second kappa shape index (κ2) is 9.13. The van der Waals surface area contributed by atoms with Crippen molar-refractivity contribution in [3.8, 4) is 22.3 Å². The highest BCUT2D eigenvalue weighted by Gasteiger charge is 2.12. The number of rotatable bonds is 5. The van der Waals surface area contributed by atoms with E-state index in [1.807, 2.05) is 24.3 Å². The Morgan fingerprint density at radius 3 is 1.16 bits per heavy atom. The summed E-state index contributed by atoms with van der Waals surface area (Å²) in [5.41, 5.74) is 8.10. The first kappa shape index (κ1) is 20.1. The predicted molar refractivity (Wildman–Crippen MR) is 137 cm³/mol. The van der Waals surface area contributed by atoms with Gasteiger partial charge in [-0.25, -0.2) is 0 Å². The summed E-state index contributed by atoms with van der Waals surface area (Å²) in [5.74, 6) is 0. The molecule has 0 aliphatic heterocycles. The smallest absolute Gasteiger partial charge is 0.0462 e. The van der Waals surface area contributed by atoms with Crippen molar-refractivity contribution in [2.24, 2.45) is 0 Å². The van der Waals surface area contributed by atoms with Gasteiger partial charge in [0.15, 0.2) is 0 Å². The Morgan fingerprint density at radius 1 is 0.344 bits per heavy atom. The molecule has 0 saturated carbocycles. The Hall–Kier alpha value is -3.81. The van der Waals surface area contributed by atoms with Gasteiger partial charge in [-0.3, -0.25) is 0 Å². The fraction of sp³-hybridized carbons (Fsp3) is 0. The van der Waals surface area contributed by atoms with Crippen LogP contribution in [0.3, 0.4) is 0 Å². The third-order valence-electron chi connectivity index (χ3n) is 5.55. The molecule has 5 aromatic rings. The summed E-state index contributed by atoms with van der Waals surface area (Å²) in [7, 11) is 0. The molecule has 0 saturated heterocycles. The molecular weight excluding hydrogens is 410 g/mol. The molecule has 2 heteroatoms. The Morgan fingerprint density at radius 2 is 0.688 bits per heavy atom. The van der Waals surface area contributed by atoms with Gasteiger partial charge in [0.05, 0.1) is 0 Å². The second-order valence-corrected chi connectivity index (χ2v) is 8.07. The van der Waals surface area contributed by atoms with Gasteiger partial charge < -0.3 is 4.90 Å². The summed E-state index contributed by atoms with van der Waals surface area (Å²) in [6.45, 7) is 0. The average molecular weight is 432 g/mol. The van der Waals surface area contributed by atoms with Gasteiger partial charge in [-0.15, -0.1) is 0 Å². The molecule has 0 aromatic heterocycles. The molecule has 0 aliphatic rings. The van der Waals surface area contributed by atoms with Crippen molar-refractivity contribution in [3.63, 3.8) is 0 Å². The predicted octanol–water partition coefficient (Wildman–Crippen LogP) is 9.14. The maximum atomic E-state index is 6.05. The molecule has 0 radical (unpaired) electrons. The summed E-state index contributed by atoms with van der Waals surface area (Å²) in [4.78, 5) is 2.28. The second-order valence-electron chi connectivity index (χ2n) is 7.64. The van der Waals surface area contributed by atoms with Crippen LogP contribution in [0.1, 0.15) is 0 Å². The van der Waals surface area contributed by atoms with Gasteiger partial charge in [-0.2, -0.15) is 0 Å². The lowest BCUT2D eigenvalue weighted by Gasteiger charge is -2.26. The number of benzene rings is 5. The monoisotopic (exact) mass is 431 g/mol. The maximum absolute atomic E-state index is 6.05. The molecule has 0 atom stereocenters. The molecule has 1 nitrogen and oxygen atoms in total. The molecule has 0 heterocycles. The van der Waals surface area contributed by atoms with Crippen molar-refractivity contribution in [1.29, 1.82) is 0 Å². The van der Waals surface area contributed by atoms with Crippen molar-refractivity contribution in [2.45, 2.75) is 0 Å². The highest BCUT2D eigenvalue weighted by Crippen LogP contribution is 2.36. The SMILES string of the molecule is Clc1ccc(-c2ccc(N(c3ccccc3)c3ccc(-c4ccccc4)cc3)cc2)cc1. The first-order valence-corrected chi connectivity index (χ1v) is 11.0. The van der Waals surface area contributed by atoms with Crippen molar-refractivity contribution >= 4 is 28.7 Å². The minimum absolute atomic E-state index is 0.750. The lowest BCUT2D eigenvalue weighted by atomic mass is 10.0. The Balaban J connectivity index is 1.51. The van der Waals surface area contributed by atoms with Crippen molar-refractivity contribution in [1.82, 2.24) is 0 Å².